The second kappa shape index (κ2) is 8.66. The second-order valence-corrected chi connectivity index (χ2v) is 8.19. The van der Waals surface area contributed by atoms with Crippen LogP contribution < -0.4 is 5.32 Å². The lowest BCUT2D eigenvalue weighted by atomic mass is 10.00. The highest BCUT2D eigenvalue weighted by Crippen LogP contribution is 2.31. The quantitative estimate of drug-likeness (QED) is 0.746. The molecule has 1 aliphatic rings. The molecule has 0 bridgehead atoms. The number of amides is 1. The van der Waals surface area contributed by atoms with E-state index in [1.54, 1.807) is 0 Å². The fourth-order valence-corrected chi connectivity index (χ4v) is 4.08. The van der Waals surface area contributed by atoms with Gasteiger partial charge in [0.25, 0.3) is 0 Å². The molecular formula is C19H27N5OS. The van der Waals surface area contributed by atoms with Gasteiger partial charge in [-0.3, -0.25) is 4.79 Å². The Morgan fingerprint density at radius 3 is 2.50 bits per heavy atom. The summed E-state index contributed by atoms with van der Waals surface area (Å²) < 4.78 is 1.89. The van der Waals surface area contributed by atoms with Crippen LogP contribution in [0.25, 0.3) is 0 Å². The van der Waals surface area contributed by atoms with E-state index in [9.17, 15) is 4.79 Å². The zero-order chi connectivity index (χ0) is 18.5. The van der Waals surface area contributed by atoms with E-state index < -0.39 is 0 Å². The Kier molecular flexibility index (Phi) is 6.29. The fraction of sp³-hybridized carbons (Fsp3) is 0.579. The molecule has 0 spiro atoms. The van der Waals surface area contributed by atoms with Crippen LogP contribution in [-0.2, 0) is 4.79 Å². The average molecular weight is 374 g/mol. The van der Waals surface area contributed by atoms with Gasteiger partial charge in [0.2, 0.25) is 11.1 Å². The first-order valence-corrected chi connectivity index (χ1v) is 10.3. The summed E-state index contributed by atoms with van der Waals surface area (Å²) in [6.07, 6.45) is 4.69. The smallest absolute Gasteiger partial charge is 0.230 e. The molecule has 1 heterocycles. The summed E-state index contributed by atoms with van der Waals surface area (Å²) in [6, 6.07) is 8.81. The van der Waals surface area contributed by atoms with Crippen molar-refractivity contribution in [2.24, 2.45) is 0 Å². The molecule has 1 N–H and O–H groups in total. The molecule has 26 heavy (non-hydrogen) atoms. The van der Waals surface area contributed by atoms with Gasteiger partial charge in [-0.15, -0.1) is 5.10 Å². The van der Waals surface area contributed by atoms with E-state index in [0.29, 0.717) is 17.7 Å². The molecule has 1 amide bonds. The number of rotatable bonds is 7. The molecule has 0 aliphatic heterocycles. The van der Waals surface area contributed by atoms with Crippen molar-refractivity contribution in [1.82, 2.24) is 25.5 Å². The van der Waals surface area contributed by atoms with Crippen molar-refractivity contribution in [2.45, 2.75) is 69.6 Å². The zero-order valence-electron chi connectivity index (χ0n) is 15.7. The number of nitrogens with one attached hydrogen (secondary N) is 1. The molecule has 6 nitrogen and oxygen atoms in total. The van der Waals surface area contributed by atoms with Crippen LogP contribution in [0, 0.1) is 0 Å². The minimum absolute atomic E-state index is 0.00333. The predicted octanol–water partition coefficient (Wildman–Crippen LogP) is 3.88. The number of aromatic nitrogens is 4. The Morgan fingerprint density at radius 1 is 1.19 bits per heavy atom. The first-order valence-electron chi connectivity index (χ1n) is 9.34. The van der Waals surface area contributed by atoms with Gasteiger partial charge in [0.05, 0.1) is 17.8 Å². The SMILES string of the molecule is CC(C)c1ccc(C(C)NC(=O)CSc2nnnn2C2CCCC2)cc1. The normalized spacial score (nSPS) is 16.2. The number of benzene rings is 1. The van der Waals surface area contributed by atoms with Gasteiger partial charge in [0.1, 0.15) is 0 Å². The summed E-state index contributed by atoms with van der Waals surface area (Å²) in [5.41, 5.74) is 2.42. The van der Waals surface area contributed by atoms with Crippen molar-refractivity contribution in [2.75, 3.05) is 5.75 Å². The standard InChI is InChI=1S/C19H27N5OS/c1-13(2)15-8-10-16(11-9-15)14(3)20-18(25)12-26-19-21-22-23-24(19)17-6-4-5-7-17/h8-11,13-14,17H,4-7,12H2,1-3H3,(H,20,25). The third kappa shape index (κ3) is 4.63. The zero-order valence-corrected chi connectivity index (χ0v) is 16.5. The summed E-state index contributed by atoms with van der Waals surface area (Å²) in [4.78, 5) is 12.3. The number of nitrogens with zero attached hydrogens (tertiary/aromatic N) is 4. The van der Waals surface area contributed by atoms with E-state index in [1.807, 2.05) is 11.6 Å². The number of tetrazole rings is 1. The maximum absolute atomic E-state index is 12.3. The summed E-state index contributed by atoms with van der Waals surface area (Å²) >= 11 is 1.41. The molecule has 1 aromatic heterocycles. The van der Waals surface area contributed by atoms with E-state index in [2.05, 4.69) is 59.0 Å². The summed E-state index contributed by atoms with van der Waals surface area (Å²) in [5, 5.41) is 15.8. The molecule has 1 fully saturated rings. The maximum atomic E-state index is 12.3. The van der Waals surface area contributed by atoms with Crippen molar-refractivity contribution in [1.29, 1.82) is 0 Å². The molecule has 3 rings (SSSR count). The highest BCUT2D eigenvalue weighted by molar-refractivity contribution is 7.99. The highest BCUT2D eigenvalue weighted by atomic mass is 32.2. The average Bonchev–Trinajstić information content (AvgIpc) is 3.31. The van der Waals surface area contributed by atoms with Gasteiger partial charge < -0.3 is 5.32 Å². The summed E-state index contributed by atoms with van der Waals surface area (Å²) in [5.74, 6) is 0.828. The molecule has 0 radical (unpaired) electrons. The lowest BCUT2D eigenvalue weighted by molar-refractivity contribution is -0.119. The molecule has 140 valence electrons. The van der Waals surface area contributed by atoms with Crippen molar-refractivity contribution in [3.8, 4) is 0 Å². The van der Waals surface area contributed by atoms with Crippen molar-refractivity contribution < 1.29 is 4.79 Å². The molecule has 1 atom stereocenters. The number of hydrogen-bond acceptors (Lipinski definition) is 5. The van der Waals surface area contributed by atoms with E-state index >= 15 is 0 Å². The van der Waals surface area contributed by atoms with Crippen LogP contribution in [0.1, 0.15) is 75.6 Å². The number of hydrogen-bond donors (Lipinski definition) is 1. The van der Waals surface area contributed by atoms with E-state index in [1.165, 1.54) is 30.2 Å². The Bertz CT molecular complexity index is 722. The molecule has 1 aliphatic carbocycles. The highest BCUT2D eigenvalue weighted by Gasteiger charge is 2.22. The largest absolute Gasteiger partial charge is 0.349 e. The Hall–Kier alpha value is -1.89. The van der Waals surface area contributed by atoms with Crippen LogP contribution in [0.3, 0.4) is 0 Å². The monoisotopic (exact) mass is 373 g/mol. The third-order valence-electron chi connectivity index (χ3n) is 4.95. The molecule has 1 unspecified atom stereocenters. The van der Waals surface area contributed by atoms with E-state index in [0.717, 1.165) is 23.6 Å². The second-order valence-electron chi connectivity index (χ2n) is 7.24. The van der Waals surface area contributed by atoms with Gasteiger partial charge in [-0.2, -0.15) is 0 Å². The van der Waals surface area contributed by atoms with Gasteiger partial charge in [-0.05, 0) is 47.2 Å². The van der Waals surface area contributed by atoms with Crippen molar-refractivity contribution in [3.63, 3.8) is 0 Å². The number of thioether (sulfide) groups is 1. The topological polar surface area (TPSA) is 72.7 Å². The minimum Gasteiger partial charge on any atom is -0.349 e. The molecular weight excluding hydrogens is 346 g/mol. The molecule has 2 aromatic rings. The third-order valence-corrected chi connectivity index (χ3v) is 5.88. The summed E-state index contributed by atoms with van der Waals surface area (Å²) in [7, 11) is 0. The Balaban J connectivity index is 1.52. The summed E-state index contributed by atoms with van der Waals surface area (Å²) in [6.45, 7) is 6.36. The molecule has 1 saturated carbocycles. The first kappa shape index (κ1) is 18.9. The lowest BCUT2D eigenvalue weighted by Gasteiger charge is -2.16. The Morgan fingerprint density at radius 2 is 1.85 bits per heavy atom. The van der Waals surface area contributed by atoms with Gasteiger partial charge in [0.15, 0.2) is 0 Å². The van der Waals surface area contributed by atoms with Crippen LogP contribution in [0.5, 0.6) is 0 Å². The van der Waals surface area contributed by atoms with Gasteiger partial charge >= 0.3 is 0 Å². The predicted molar refractivity (Wildman–Crippen MR) is 103 cm³/mol. The fourth-order valence-electron chi connectivity index (χ4n) is 3.32. The number of carbonyl (C=O) groups is 1. The van der Waals surface area contributed by atoms with E-state index in [-0.39, 0.29) is 11.9 Å². The molecule has 0 saturated heterocycles. The molecule has 7 heteroatoms. The first-order chi connectivity index (χ1) is 12.5. The van der Waals surface area contributed by atoms with Gasteiger partial charge in [-0.1, -0.05) is 62.7 Å². The van der Waals surface area contributed by atoms with E-state index in [4.69, 9.17) is 0 Å². The van der Waals surface area contributed by atoms with Crippen LogP contribution in [-0.4, -0.2) is 31.9 Å². The van der Waals surface area contributed by atoms with Crippen molar-refractivity contribution in [3.05, 3.63) is 35.4 Å². The van der Waals surface area contributed by atoms with Crippen LogP contribution >= 0.6 is 11.8 Å². The van der Waals surface area contributed by atoms with Crippen LogP contribution in [0.4, 0.5) is 0 Å². The Labute approximate surface area is 159 Å². The van der Waals surface area contributed by atoms with Crippen LogP contribution in [0.15, 0.2) is 29.4 Å². The number of carbonyl (C=O) groups excluding carboxylic acids is 1. The maximum Gasteiger partial charge on any atom is 0.230 e. The van der Waals surface area contributed by atoms with Gasteiger partial charge in [-0.25, -0.2) is 4.68 Å². The molecule has 1 aromatic carbocycles. The lowest BCUT2D eigenvalue weighted by Crippen LogP contribution is -2.28. The van der Waals surface area contributed by atoms with Crippen molar-refractivity contribution >= 4 is 17.7 Å². The van der Waals surface area contributed by atoms with Crippen LogP contribution in [0.2, 0.25) is 0 Å². The minimum atomic E-state index is -0.0184. The van der Waals surface area contributed by atoms with Gasteiger partial charge in [0, 0.05) is 0 Å².